The minimum Gasteiger partial charge on any atom is -0.513 e. The first kappa shape index (κ1) is 43.0. The fourth-order valence-electron chi connectivity index (χ4n) is 7.14. The third-order valence-electron chi connectivity index (χ3n) is 10.0. The van der Waals surface area contributed by atoms with Crippen molar-refractivity contribution < 1.29 is 15.0 Å². The summed E-state index contributed by atoms with van der Waals surface area (Å²) in [6.45, 7) is 8.24. The van der Waals surface area contributed by atoms with Crippen molar-refractivity contribution in [3.63, 3.8) is 0 Å². The molecule has 0 aliphatic heterocycles. The summed E-state index contributed by atoms with van der Waals surface area (Å²) >= 11 is 0. The van der Waals surface area contributed by atoms with E-state index >= 15 is 0 Å². The molecule has 0 aromatic rings. The molecule has 0 aromatic heterocycles. The predicted molar refractivity (Wildman–Crippen MR) is 195 cm³/mol. The van der Waals surface area contributed by atoms with Gasteiger partial charge in [0.1, 0.15) is 0 Å². The molecular formula is C41H80O3. The van der Waals surface area contributed by atoms with E-state index in [1.807, 2.05) is 0 Å². The molecule has 262 valence electrons. The number of carboxylic acid groups (broad SMARTS) is 1. The third-order valence-corrected chi connectivity index (χ3v) is 10.0. The maximum absolute atomic E-state index is 10.8. The molecule has 0 aromatic carbocycles. The van der Waals surface area contributed by atoms with Gasteiger partial charge in [-0.05, 0) is 24.7 Å². The van der Waals surface area contributed by atoms with Crippen LogP contribution in [0, 0.1) is 11.8 Å². The maximum Gasteiger partial charge on any atom is 0.303 e. The van der Waals surface area contributed by atoms with Gasteiger partial charge in [-0.25, -0.2) is 0 Å². The average Bonchev–Trinajstić information content (AvgIpc) is 3.00. The monoisotopic (exact) mass is 621 g/mol. The van der Waals surface area contributed by atoms with Crippen LogP contribution in [0.25, 0.3) is 0 Å². The minimum atomic E-state index is -0.649. The predicted octanol–water partition coefficient (Wildman–Crippen LogP) is 14.7. The number of aliphatic hydroxyl groups is 1. The SMILES string of the molecule is C=C(O)CCCCCCCC(CCCCCCCCCCC)C(CCCCCCCCCCC)CCCCCCCC(=O)O. The first-order chi connectivity index (χ1) is 21.5. The Hall–Kier alpha value is -0.990. The fourth-order valence-corrected chi connectivity index (χ4v) is 7.14. The highest BCUT2D eigenvalue weighted by Crippen LogP contribution is 2.34. The van der Waals surface area contributed by atoms with Crippen LogP contribution in [0.2, 0.25) is 0 Å². The lowest BCUT2D eigenvalue weighted by molar-refractivity contribution is -0.137. The number of carbonyl (C=O) groups is 1. The topological polar surface area (TPSA) is 57.5 Å². The molecule has 0 aliphatic rings. The van der Waals surface area contributed by atoms with E-state index < -0.39 is 5.97 Å². The van der Waals surface area contributed by atoms with E-state index in [2.05, 4.69) is 20.4 Å². The number of carboxylic acids is 1. The van der Waals surface area contributed by atoms with Crippen molar-refractivity contribution in [2.45, 2.75) is 232 Å². The van der Waals surface area contributed by atoms with Gasteiger partial charge in [-0.3, -0.25) is 4.79 Å². The molecule has 0 saturated carbocycles. The van der Waals surface area contributed by atoms with Crippen molar-refractivity contribution in [2.75, 3.05) is 0 Å². The Kier molecular flexibility index (Phi) is 34.1. The van der Waals surface area contributed by atoms with Gasteiger partial charge in [-0.2, -0.15) is 0 Å². The molecule has 0 rings (SSSR count). The van der Waals surface area contributed by atoms with Gasteiger partial charge in [0.2, 0.25) is 0 Å². The summed E-state index contributed by atoms with van der Waals surface area (Å²) in [5.41, 5.74) is 0. The Morgan fingerprint density at radius 2 is 0.659 bits per heavy atom. The number of hydrogen-bond acceptors (Lipinski definition) is 2. The molecule has 44 heavy (non-hydrogen) atoms. The summed E-state index contributed by atoms with van der Waals surface area (Å²) in [5.74, 6) is 1.46. The molecule has 2 atom stereocenters. The number of aliphatic hydroxyl groups excluding tert-OH is 1. The second-order valence-corrected chi connectivity index (χ2v) is 14.3. The van der Waals surface area contributed by atoms with Crippen LogP contribution in [0.4, 0.5) is 0 Å². The molecule has 0 bridgehead atoms. The van der Waals surface area contributed by atoms with Gasteiger partial charge < -0.3 is 10.2 Å². The van der Waals surface area contributed by atoms with E-state index in [1.165, 1.54) is 186 Å². The van der Waals surface area contributed by atoms with E-state index in [9.17, 15) is 9.90 Å². The van der Waals surface area contributed by atoms with Crippen LogP contribution in [0.3, 0.4) is 0 Å². The quantitative estimate of drug-likeness (QED) is 0.0536. The minimum absolute atomic E-state index is 0.330. The van der Waals surface area contributed by atoms with Gasteiger partial charge in [-0.1, -0.05) is 213 Å². The lowest BCUT2D eigenvalue weighted by atomic mass is 9.78. The Morgan fingerprint density at radius 1 is 0.409 bits per heavy atom. The van der Waals surface area contributed by atoms with E-state index in [0.717, 1.165) is 37.5 Å². The molecule has 3 heteroatoms. The Morgan fingerprint density at radius 3 is 0.932 bits per heavy atom. The molecule has 0 saturated heterocycles. The van der Waals surface area contributed by atoms with E-state index in [1.54, 1.807) is 0 Å². The summed E-state index contributed by atoms with van der Waals surface area (Å²) in [7, 11) is 0. The van der Waals surface area contributed by atoms with Crippen molar-refractivity contribution in [1.29, 1.82) is 0 Å². The zero-order chi connectivity index (χ0) is 32.4. The summed E-state index contributed by atoms with van der Waals surface area (Å²) in [6, 6.07) is 0. The lowest BCUT2D eigenvalue weighted by Gasteiger charge is -2.28. The van der Waals surface area contributed by atoms with Crippen LogP contribution in [-0.4, -0.2) is 16.2 Å². The van der Waals surface area contributed by atoms with Crippen LogP contribution in [0.1, 0.15) is 232 Å². The Bertz CT molecular complexity index is 549. The smallest absolute Gasteiger partial charge is 0.303 e. The molecule has 0 aliphatic carbocycles. The summed E-state index contributed by atoms with van der Waals surface area (Å²) in [5, 5.41) is 18.3. The Labute approximate surface area is 276 Å². The number of rotatable bonds is 37. The van der Waals surface area contributed by atoms with Gasteiger partial charge in [0.15, 0.2) is 0 Å². The number of aliphatic carboxylic acids is 1. The number of allylic oxidation sites excluding steroid dienone is 1. The Balaban J connectivity index is 4.81. The zero-order valence-electron chi connectivity index (χ0n) is 30.2. The zero-order valence-corrected chi connectivity index (χ0v) is 30.2. The third kappa shape index (κ3) is 32.4. The van der Waals surface area contributed by atoms with Gasteiger partial charge in [-0.15, -0.1) is 0 Å². The van der Waals surface area contributed by atoms with Crippen molar-refractivity contribution in [3.8, 4) is 0 Å². The largest absolute Gasteiger partial charge is 0.513 e. The second-order valence-electron chi connectivity index (χ2n) is 14.3. The highest BCUT2D eigenvalue weighted by atomic mass is 16.4. The molecular weight excluding hydrogens is 540 g/mol. The summed E-state index contributed by atoms with van der Waals surface area (Å²) < 4.78 is 0. The van der Waals surface area contributed by atoms with E-state index in [4.69, 9.17) is 5.11 Å². The van der Waals surface area contributed by atoms with Crippen molar-refractivity contribution in [2.24, 2.45) is 11.8 Å². The standard InChI is InChI=1S/C41H80O3/c1-4-6-8-10-12-14-16-21-27-33-39(35-29-23-18-20-26-32-38(3)42)40(36-30-24-19-25-31-37-41(43)44)34-28-22-17-15-13-11-9-7-5-2/h39-40,42H,3-37H2,1-2H3,(H,43,44). The van der Waals surface area contributed by atoms with Crippen LogP contribution in [0.15, 0.2) is 12.3 Å². The molecule has 0 spiro atoms. The highest BCUT2D eigenvalue weighted by Gasteiger charge is 2.20. The first-order valence-electron chi connectivity index (χ1n) is 20.1. The van der Waals surface area contributed by atoms with E-state index in [0.29, 0.717) is 12.2 Å². The summed E-state index contributed by atoms with van der Waals surface area (Å²) in [6.07, 6.45) is 44.1. The van der Waals surface area contributed by atoms with Gasteiger partial charge >= 0.3 is 5.97 Å². The first-order valence-corrected chi connectivity index (χ1v) is 20.1. The molecule has 0 fully saturated rings. The molecule has 0 heterocycles. The van der Waals surface area contributed by atoms with E-state index in [-0.39, 0.29) is 0 Å². The molecule has 2 N–H and O–H groups in total. The van der Waals surface area contributed by atoms with Crippen LogP contribution >= 0.6 is 0 Å². The highest BCUT2D eigenvalue weighted by molar-refractivity contribution is 5.66. The lowest BCUT2D eigenvalue weighted by Crippen LogP contribution is -2.16. The van der Waals surface area contributed by atoms with Crippen molar-refractivity contribution in [1.82, 2.24) is 0 Å². The maximum atomic E-state index is 10.8. The van der Waals surface area contributed by atoms with Crippen molar-refractivity contribution >= 4 is 5.97 Å². The van der Waals surface area contributed by atoms with Gasteiger partial charge in [0.25, 0.3) is 0 Å². The molecule has 0 amide bonds. The number of unbranched alkanes of at least 4 members (excludes halogenated alkanes) is 24. The van der Waals surface area contributed by atoms with Gasteiger partial charge in [0, 0.05) is 12.8 Å². The second kappa shape index (κ2) is 34.9. The summed E-state index contributed by atoms with van der Waals surface area (Å²) in [4.78, 5) is 10.8. The van der Waals surface area contributed by atoms with Crippen LogP contribution in [0.5, 0.6) is 0 Å². The molecule has 2 unspecified atom stereocenters. The van der Waals surface area contributed by atoms with Crippen LogP contribution in [-0.2, 0) is 4.79 Å². The fraction of sp³-hybridized carbons (Fsp3) is 0.927. The number of hydrogen-bond donors (Lipinski definition) is 2. The van der Waals surface area contributed by atoms with Crippen LogP contribution < -0.4 is 0 Å². The molecule has 0 radical (unpaired) electrons. The average molecular weight is 621 g/mol. The van der Waals surface area contributed by atoms with Gasteiger partial charge in [0.05, 0.1) is 5.76 Å². The van der Waals surface area contributed by atoms with Crippen molar-refractivity contribution in [3.05, 3.63) is 12.3 Å². The normalized spacial score (nSPS) is 12.9. The molecule has 3 nitrogen and oxygen atoms in total.